The first kappa shape index (κ1) is 12.7. The molecule has 21 heavy (non-hydrogen) atoms. The van der Waals surface area contributed by atoms with E-state index in [0.29, 0.717) is 11.4 Å². The third-order valence-electron chi connectivity index (χ3n) is 2.82. The number of H-pyrrole nitrogens is 1. The quantitative estimate of drug-likeness (QED) is 0.732. The molecule has 8 nitrogen and oxygen atoms in total. The van der Waals surface area contributed by atoms with Crippen LogP contribution >= 0.6 is 0 Å². The van der Waals surface area contributed by atoms with Gasteiger partial charge >= 0.3 is 0 Å². The molecule has 1 aromatic carbocycles. The first-order valence-corrected chi connectivity index (χ1v) is 6.06. The van der Waals surface area contributed by atoms with Crippen LogP contribution in [0.1, 0.15) is 10.4 Å². The molecule has 0 aliphatic heterocycles. The Morgan fingerprint density at radius 1 is 1.24 bits per heavy atom. The minimum Gasteiger partial charge on any atom is -0.367 e. The molecule has 8 heteroatoms. The number of para-hydroxylation sites is 2. The third-order valence-corrected chi connectivity index (χ3v) is 2.82. The molecule has 0 aliphatic carbocycles. The number of nitrogens with zero attached hydrogens (tertiary/aromatic N) is 4. The number of carbonyl (C=O) groups is 1. The highest BCUT2D eigenvalue weighted by Gasteiger charge is 2.13. The Bertz CT molecular complexity index is 824. The molecule has 3 rings (SSSR count). The van der Waals surface area contributed by atoms with E-state index >= 15 is 0 Å². The van der Waals surface area contributed by atoms with Crippen molar-refractivity contribution in [3.8, 4) is 5.69 Å². The van der Waals surface area contributed by atoms with Gasteiger partial charge in [-0.25, -0.2) is 0 Å². The van der Waals surface area contributed by atoms with Gasteiger partial charge in [0.1, 0.15) is 11.9 Å². The van der Waals surface area contributed by atoms with Gasteiger partial charge in [-0.3, -0.25) is 9.59 Å². The van der Waals surface area contributed by atoms with Crippen LogP contribution in [-0.4, -0.2) is 31.1 Å². The van der Waals surface area contributed by atoms with Gasteiger partial charge in [-0.05, 0) is 22.6 Å². The van der Waals surface area contributed by atoms with E-state index in [1.54, 1.807) is 24.3 Å². The van der Waals surface area contributed by atoms with Gasteiger partial charge in [0.25, 0.3) is 5.91 Å². The van der Waals surface area contributed by atoms with Crippen LogP contribution in [-0.2, 0) is 0 Å². The third kappa shape index (κ3) is 2.54. The van der Waals surface area contributed by atoms with Crippen molar-refractivity contribution in [3.63, 3.8) is 0 Å². The van der Waals surface area contributed by atoms with Crippen molar-refractivity contribution in [3.05, 3.63) is 64.8 Å². The Labute approximate surface area is 118 Å². The average Bonchev–Trinajstić information content (AvgIpc) is 3.02. The number of rotatable bonds is 3. The second-order valence-corrected chi connectivity index (χ2v) is 4.15. The maximum atomic E-state index is 12.2. The Balaban J connectivity index is 1.95. The number of amides is 1. The van der Waals surface area contributed by atoms with E-state index in [1.165, 1.54) is 29.5 Å². The fourth-order valence-electron chi connectivity index (χ4n) is 1.83. The van der Waals surface area contributed by atoms with E-state index in [2.05, 4.69) is 25.8 Å². The summed E-state index contributed by atoms with van der Waals surface area (Å²) < 4.78 is 1.42. The minimum atomic E-state index is -0.502. The van der Waals surface area contributed by atoms with E-state index < -0.39 is 5.91 Å². The van der Waals surface area contributed by atoms with Crippen molar-refractivity contribution in [2.24, 2.45) is 0 Å². The van der Waals surface area contributed by atoms with Gasteiger partial charge in [-0.1, -0.05) is 12.1 Å². The topological polar surface area (TPSA) is 106 Å². The lowest BCUT2D eigenvalue weighted by molar-refractivity contribution is 0.102. The van der Waals surface area contributed by atoms with Crippen molar-refractivity contribution in [1.82, 2.24) is 25.2 Å². The maximum Gasteiger partial charge on any atom is 0.261 e. The van der Waals surface area contributed by atoms with Crippen molar-refractivity contribution in [2.75, 3.05) is 5.32 Å². The Morgan fingerprint density at radius 2 is 2.10 bits per heavy atom. The van der Waals surface area contributed by atoms with E-state index in [9.17, 15) is 9.59 Å². The average molecular weight is 282 g/mol. The largest absolute Gasteiger partial charge is 0.367 e. The van der Waals surface area contributed by atoms with Crippen LogP contribution in [0.4, 0.5) is 5.69 Å². The van der Waals surface area contributed by atoms with E-state index in [1.807, 2.05) is 0 Å². The molecule has 0 spiro atoms. The standard InChI is InChI=1S/C13H10N6O2/c20-12-5-6-14-7-9(12)13(21)16-10-3-1-2-4-11(10)19-8-15-17-18-19/h1-8H,(H,14,20)(H,16,21). The van der Waals surface area contributed by atoms with Crippen molar-refractivity contribution < 1.29 is 4.79 Å². The summed E-state index contributed by atoms with van der Waals surface area (Å²) in [6, 6.07) is 8.30. The lowest BCUT2D eigenvalue weighted by Crippen LogP contribution is -2.21. The zero-order valence-corrected chi connectivity index (χ0v) is 10.7. The number of hydrogen-bond donors (Lipinski definition) is 2. The number of benzene rings is 1. The number of aromatic amines is 1. The van der Waals surface area contributed by atoms with Gasteiger partial charge in [0, 0.05) is 18.5 Å². The summed E-state index contributed by atoms with van der Waals surface area (Å²) in [6.07, 6.45) is 4.24. The van der Waals surface area contributed by atoms with Crippen molar-refractivity contribution in [1.29, 1.82) is 0 Å². The highest BCUT2D eigenvalue weighted by Crippen LogP contribution is 2.18. The van der Waals surface area contributed by atoms with Crippen LogP contribution in [0, 0.1) is 0 Å². The molecule has 3 aromatic rings. The molecule has 2 N–H and O–H groups in total. The summed E-state index contributed by atoms with van der Waals surface area (Å²) in [4.78, 5) is 26.5. The Kier molecular flexibility index (Phi) is 3.26. The minimum absolute atomic E-state index is 0.0315. The number of hydrogen-bond acceptors (Lipinski definition) is 5. The number of pyridine rings is 1. The molecule has 0 bridgehead atoms. The zero-order chi connectivity index (χ0) is 14.7. The molecular weight excluding hydrogens is 272 g/mol. The predicted molar refractivity (Wildman–Crippen MR) is 74.2 cm³/mol. The van der Waals surface area contributed by atoms with E-state index in [0.717, 1.165) is 0 Å². The molecule has 2 heterocycles. The van der Waals surface area contributed by atoms with Gasteiger partial charge in [-0.2, -0.15) is 4.68 Å². The summed E-state index contributed by atoms with van der Waals surface area (Å²) >= 11 is 0. The molecule has 0 saturated heterocycles. The van der Waals surface area contributed by atoms with Crippen LogP contribution in [0.3, 0.4) is 0 Å². The molecule has 0 aliphatic rings. The second kappa shape index (κ2) is 5.37. The van der Waals surface area contributed by atoms with E-state index in [-0.39, 0.29) is 11.0 Å². The first-order valence-electron chi connectivity index (χ1n) is 6.06. The highest BCUT2D eigenvalue weighted by atomic mass is 16.2. The highest BCUT2D eigenvalue weighted by molar-refractivity contribution is 6.04. The SMILES string of the molecule is O=C(Nc1ccccc1-n1cnnn1)c1c[nH]ccc1=O. The van der Waals surface area contributed by atoms with Gasteiger partial charge in [0.05, 0.1) is 11.4 Å². The second-order valence-electron chi connectivity index (χ2n) is 4.15. The van der Waals surface area contributed by atoms with Crippen LogP contribution in [0.25, 0.3) is 5.69 Å². The summed E-state index contributed by atoms with van der Waals surface area (Å²) in [7, 11) is 0. The Morgan fingerprint density at radius 3 is 2.86 bits per heavy atom. The van der Waals surface area contributed by atoms with Crippen molar-refractivity contribution >= 4 is 11.6 Å². The van der Waals surface area contributed by atoms with Gasteiger partial charge in [0.15, 0.2) is 5.43 Å². The van der Waals surface area contributed by atoms with Crippen LogP contribution in [0.15, 0.2) is 53.8 Å². The van der Waals surface area contributed by atoms with Crippen LogP contribution < -0.4 is 10.7 Å². The van der Waals surface area contributed by atoms with E-state index in [4.69, 9.17) is 0 Å². The van der Waals surface area contributed by atoms with Crippen molar-refractivity contribution in [2.45, 2.75) is 0 Å². The molecule has 2 aromatic heterocycles. The molecular formula is C13H10N6O2. The van der Waals surface area contributed by atoms with Crippen LogP contribution in [0.2, 0.25) is 0 Å². The number of carbonyl (C=O) groups excluding carboxylic acids is 1. The monoisotopic (exact) mass is 282 g/mol. The number of nitrogens with one attached hydrogen (secondary N) is 2. The molecule has 1 amide bonds. The molecule has 0 unspecified atom stereocenters. The Hall–Kier alpha value is -3.29. The summed E-state index contributed by atoms with van der Waals surface area (Å²) in [5.41, 5.74) is 0.774. The van der Waals surface area contributed by atoms with Gasteiger partial charge in [0.2, 0.25) is 0 Å². The normalized spacial score (nSPS) is 10.3. The fourth-order valence-corrected chi connectivity index (χ4v) is 1.83. The number of aromatic nitrogens is 5. The predicted octanol–water partition coefficient (Wildman–Crippen LogP) is 0.603. The molecule has 0 radical (unpaired) electrons. The molecule has 0 saturated carbocycles. The molecule has 0 atom stereocenters. The van der Waals surface area contributed by atoms with Gasteiger partial charge in [-0.15, -0.1) is 5.10 Å². The maximum absolute atomic E-state index is 12.2. The number of tetrazole rings is 1. The number of anilines is 1. The smallest absolute Gasteiger partial charge is 0.261 e. The first-order chi connectivity index (χ1) is 10.3. The van der Waals surface area contributed by atoms with Crippen LogP contribution in [0.5, 0.6) is 0 Å². The summed E-state index contributed by atoms with van der Waals surface area (Å²) in [5.74, 6) is -0.502. The zero-order valence-electron chi connectivity index (χ0n) is 10.7. The lowest BCUT2D eigenvalue weighted by Gasteiger charge is -2.09. The molecule has 0 fully saturated rings. The van der Waals surface area contributed by atoms with Gasteiger partial charge < -0.3 is 10.3 Å². The summed E-state index contributed by atoms with van der Waals surface area (Å²) in [5, 5.41) is 13.6. The molecule has 104 valence electrons. The fraction of sp³-hybridized carbons (Fsp3) is 0. The lowest BCUT2D eigenvalue weighted by atomic mass is 10.2. The summed E-state index contributed by atoms with van der Waals surface area (Å²) in [6.45, 7) is 0.